The summed E-state index contributed by atoms with van der Waals surface area (Å²) in [6.45, 7) is 3.87. The Morgan fingerprint density at radius 2 is 2.14 bits per heavy atom. The van der Waals surface area contributed by atoms with Crippen molar-refractivity contribution >= 4 is 17.0 Å². The second-order valence-corrected chi connectivity index (χ2v) is 5.58. The van der Waals surface area contributed by atoms with Gasteiger partial charge in [-0.3, -0.25) is 4.79 Å². The molecular formula is C16H23N3O2. The molecule has 0 aliphatic heterocycles. The molecule has 1 N–H and O–H groups in total. The topological polar surface area (TPSA) is 58.4 Å². The number of fused-ring (bicyclic) bond motifs is 1. The highest BCUT2D eigenvalue weighted by molar-refractivity contribution is 5.78. The van der Waals surface area contributed by atoms with Gasteiger partial charge in [0.05, 0.1) is 11.0 Å². The van der Waals surface area contributed by atoms with Crippen LogP contribution in [0.1, 0.15) is 24.7 Å². The van der Waals surface area contributed by atoms with Crippen LogP contribution in [0.2, 0.25) is 0 Å². The predicted molar refractivity (Wildman–Crippen MR) is 83.6 cm³/mol. The molecule has 0 saturated heterocycles. The first kappa shape index (κ1) is 15.5. The van der Waals surface area contributed by atoms with Crippen molar-refractivity contribution in [3.63, 3.8) is 0 Å². The van der Waals surface area contributed by atoms with E-state index in [1.54, 1.807) is 0 Å². The summed E-state index contributed by atoms with van der Waals surface area (Å²) in [6, 6.07) is 6.21. The Kier molecular flexibility index (Phi) is 4.96. The summed E-state index contributed by atoms with van der Waals surface area (Å²) in [7, 11) is 4.08. The van der Waals surface area contributed by atoms with E-state index in [-0.39, 0.29) is 6.42 Å². The number of carbonyl (C=O) groups is 1. The number of carboxylic acids is 1. The molecule has 1 heterocycles. The lowest BCUT2D eigenvalue weighted by molar-refractivity contribution is -0.136. The largest absolute Gasteiger partial charge is 0.481 e. The Hall–Kier alpha value is -1.88. The minimum atomic E-state index is -0.838. The van der Waals surface area contributed by atoms with E-state index in [2.05, 4.69) is 35.0 Å². The van der Waals surface area contributed by atoms with Gasteiger partial charge in [-0.2, -0.15) is 0 Å². The number of carboxylic acid groups (broad SMARTS) is 1. The Labute approximate surface area is 125 Å². The van der Waals surface area contributed by atoms with Gasteiger partial charge in [0.2, 0.25) is 0 Å². The highest BCUT2D eigenvalue weighted by Gasteiger charge is 2.13. The molecule has 2 aromatic rings. The van der Waals surface area contributed by atoms with Gasteiger partial charge in [0.1, 0.15) is 12.2 Å². The maximum absolute atomic E-state index is 11.0. The zero-order valence-corrected chi connectivity index (χ0v) is 13.0. The number of benzene rings is 1. The van der Waals surface area contributed by atoms with Crippen molar-refractivity contribution in [1.29, 1.82) is 0 Å². The van der Waals surface area contributed by atoms with Crippen LogP contribution in [0.5, 0.6) is 0 Å². The SMILES string of the molecule is CCc1ccc2c(c1)nc(CC(=O)O)n2CCCN(C)C. The summed E-state index contributed by atoms with van der Waals surface area (Å²) in [5, 5.41) is 9.07. The van der Waals surface area contributed by atoms with Gasteiger partial charge in [-0.15, -0.1) is 0 Å². The summed E-state index contributed by atoms with van der Waals surface area (Å²) in [6.07, 6.45) is 1.90. The molecule has 0 aliphatic rings. The molecule has 1 aromatic carbocycles. The average Bonchev–Trinajstić information content (AvgIpc) is 2.74. The fourth-order valence-corrected chi connectivity index (χ4v) is 2.51. The molecule has 0 aliphatic carbocycles. The lowest BCUT2D eigenvalue weighted by Crippen LogP contribution is -2.16. The van der Waals surface area contributed by atoms with Gasteiger partial charge < -0.3 is 14.6 Å². The zero-order chi connectivity index (χ0) is 15.4. The van der Waals surface area contributed by atoms with Crippen LogP contribution in [-0.4, -0.2) is 46.2 Å². The van der Waals surface area contributed by atoms with Crippen LogP contribution in [-0.2, 0) is 24.2 Å². The normalized spacial score (nSPS) is 11.4. The third-order valence-electron chi connectivity index (χ3n) is 3.60. The molecule has 1 aromatic heterocycles. The fourth-order valence-electron chi connectivity index (χ4n) is 2.51. The maximum atomic E-state index is 11.0. The van der Waals surface area contributed by atoms with Crippen LogP contribution in [0.15, 0.2) is 18.2 Å². The predicted octanol–water partition coefficient (Wildman–Crippen LogP) is 2.18. The number of hydrogen-bond donors (Lipinski definition) is 1. The molecule has 0 radical (unpaired) electrons. The van der Waals surface area contributed by atoms with Gasteiger partial charge >= 0.3 is 5.97 Å². The van der Waals surface area contributed by atoms with Crippen molar-refractivity contribution < 1.29 is 9.90 Å². The monoisotopic (exact) mass is 289 g/mol. The van der Waals surface area contributed by atoms with E-state index in [0.29, 0.717) is 5.82 Å². The van der Waals surface area contributed by atoms with Crippen molar-refractivity contribution in [2.45, 2.75) is 32.7 Å². The van der Waals surface area contributed by atoms with Gasteiger partial charge in [-0.25, -0.2) is 4.98 Å². The second-order valence-electron chi connectivity index (χ2n) is 5.58. The summed E-state index contributed by atoms with van der Waals surface area (Å²) in [4.78, 5) is 17.7. The number of aryl methyl sites for hydroxylation is 2. The molecule has 0 fully saturated rings. The van der Waals surface area contributed by atoms with E-state index in [4.69, 9.17) is 5.11 Å². The summed E-state index contributed by atoms with van der Waals surface area (Å²) in [5.41, 5.74) is 3.15. The first-order chi connectivity index (χ1) is 10.0. The van der Waals surface area contributed by atoms with E-state index in [1.807, 2.05) is 18.7 Å². The van der Waals surface area contributed by atoms with E-state index in [1.165, 1.54) is 5.56 Å². The molecule has 0 amide bonds. The smallest absolute Gasteiger partial charge is 0.311 e. The molecule has 2 rings (SSSR count). The molecule has 0 spiro atoms. The standard InChI is InChI=1S/C16H23N3O2/c1-4-12-6-7-14-13(10-12)17-15(11-16(20)21)19(14)9-5-8-18(2)3/h6-7,10H,4-5,8-9,11H2,1-3H3,(H,20,21). The zero-order valence-electron chi connectivity index (χ0n) is 13.0. The minimum absolute atomic E-state index is 0.0297. The Morgan fingerprint density at radius 1 is 1.38 bits per heavy atom. The average molecular weight is 289 g/mol. The van der Waals surface area contributed by atoms with Crippen LogP contribution in [0.25, 0.3) is 11.0 Å². The minimum Gasteiger partial charge on any atom is -0.481 e. The van der Waals surface area contributed by atoms with E-state index >= 15 is 0 Å². The summed E-state index contributed by atoms with van der Waals surface area (Å²) in [5.74, 6) is -0.195. The van der Waals surface area contributed by atoms with Crippen LogP contribution in [0.3, 0.4) is 0 Å². The highest BCUT2D eigenvalue weighted by atomic mass is 16.4. The number of hydrogen-bond acceptors (Lipinski definition) is 3. The Balaban J connectivity index is 2.35. The van der Waals surface area contributed by atoms with Crippen molar-refractivity contribution in [2.24, 2.45) is 0 Å². The van der Waals surface area contributed by atoms with Crippen molar-refractivity contribution in [2.75, 3.05) is 20.6 Å². The van der Waals surface area contributed by atoms with Crippen molar-refractivity contribution in [3.8, 4) is 0 Å². The fraction of sp³-hybridized carbons (Fsp3) is 0.500. The van der Waals surface area contributed by atoms with E-state index in [9.17, 15) is 4.79 Å². The summed E-state index contributed by atoms with van der Waals surface area (Å²) < 4.78 is 2.05. The molecular weight excluding hydrogens is 266 g/mol. The first-order valence-electron chi connectivity index (χ1n) is 7.35. The van der Waals surface area contributed by atoms with Gasteiger partial charge in [-0.05, 0) is 51.2 Å². The lowest BCUT2D eigenvalue weighted by atomic mass is 10.1. The Morgan fingerprint density at radius 3 is 2.76 bits per heavy atom. The first-order valence-corrected chi connectivity index (χ1v) is 7.35. The van der Waals surface area contributed by atoms with Crippen molar-refractivity contribution in [3.05, 3.63) is 29.6 Å². The van der Waals surface area contributed by atoms with Gasteiger partial charge in [0.25, 0.3) is 0 Å². The maximum Gasteiger partial charge on any atom is 0.311 e. The van der Waals surface area contributed by atoms with Gasteiger partial charge in [0, 0.05) is 6.54 Å². The molecule has 0 saturated carbocycles. The van der Waals surface area contributed by atoms with E-state index in [0.717, 1.165) is 37.0 Å². The molecule has 0 unspecified atom stereocenters. The highest BCUT2D eigenvalue weighted by Crippen LogP contribution is 2.19. The molecule has 114 valence electrons. The van der Waals surface area contributed by atoms with Crippen LogP contribution in [0, 0.1) is 0 Å². The van der Waals surface area contributed by atoms with Crippen LogP contribution in [0.4, 0.5) is 0 Å². The molecule has 0 atom stereocenters. The number of rotatable bonds is 7. The quantitative estimate of drug-likeness (QED) is 0.848. The molecule has 5 heteroatoms. The van der Waals surface area contributed by atoms with Gasteiger partial charge in [0.15, 0.2) is 0 Å². The third-order valence-corrected chi connectivity index (χ3v) is 3.60. The molecule has 5 nitrogen and oxygen atoms in total. The molecule has 0 bridgehead atoms. The number of nitrogens with zero attached hydrogens (tertiary/aromatic N) is 3. The second kappa shape index (κ2) is 6.72. The number of aromatic nitrogens is 2. The Bertz CT molecular complexity index is 632. The van der Waals surface area contributed by atoms with E-state index < -0.39 is 5.97 Å². The third kappa shape index (κ3) is 3.82. The number of aliphatic carboxylic acids is 1. The molecule has 21 heavy (non-hydrogen) atoms. The number of imidazole rings is 1. The lowest BCUT2D eigenvalue weighted by Gasteiger charge is -2.12. The van der Waals surface area contributed by atoms with Crippen LogP contribution >= 0.6 is 0 Å². The van der Waals surface area contributed by atoms with Gasteiger partial charge in [-0.1, -0.05) is 13.0 Å². The van der Waals surface area contributed by atoms with Crippen molar-refractivity contribution in [1.82, 2.24) is 14.5 Å². The summed E-state index contributed by atoms with van der Waals surface area (Å²) >= 11 is 0. The van der Waals surface area contributed by atoms with Crippen LogP contribution < -0.4 is 0 Å².